The zero-order valence-electron chi connectivity index (χ0n) is 9.39. The van der Waals surface area contributed by atoms with Gasteiger partial charge in [-0.25, -0.2) is 0 Å². The molecule has 0 saturated heterocycles. The summed E-state index contributed by atoms with van der Waals surface area (Å²) in [5.41, 5.74) is -1.29. The zero-order chi connectivity index (χ0) is 12.3. The average molecular weight is 229 g/mol. The summed E-state index contributed by atoms with van der Waals surface area (Å²) in [6.07, 6.45) is 1.25. The Hall–Kier alpha value is -1.46. The lowest BCUT2D eigenvalue weighted by atomic mass is 9.74. The summed E-state index contributed by atoms with van der Waals surface area (Å²) in [5.74, 6) is -1.48. The number of carbonyl (C=O) groups excluding carboxylic acids is 2. The lowest BCUT2D eigenvalue weighted by Crippen LogP contribution is -2.44. The molecule has 0 aromatic rings. The van der Waals surface area contributed by atoms with Gasteiger partial charge in [-0.3, -0.25) is 19.7 Å². The van der Waals surface area contributed by atoms with Gasteiger partial charge in [-0.1, -0.05) is 6.92 Å². The number of hydrogen-bond donors (Lipinski definition) is 0. The van der Waals surface area contributed by atoms with Gasteiger partial charge < -0.3 is 4.74 Å². The van der Waals surface area contributed by atoms with E-state index in [4.69, 9.17) is 0 Å². The number of Topliss-reactive ketones (excluding diaryl/α,β-unsaturated/α-hetero) is 1. The standard InChI is InChI=1S/C10H15NO5/c1-7(6-11(14)15)10(9(13)16-2)5-3-4-8(10)12/h7H,3-6H2,1-2H3. The predicted molar refractivity (Wildman–Crippen MR) is 54.3 cm³/mol. The number of ether oxygens (including phenoxy) is 1. The Morgan fingerprint density at radius 3 is 2.69 bits per heavy atom. The van der Waals surface area contributed by atoms with Gasteiger partial charge in [0, 0.05) is 17.3 Å². The van der Waals surface area contributed by atoms with E-state index < -0.39 is 22.2 Å². The van der Waals surface area contributed by atoms with Crippen molar-refractivity contribution < 1.29 is 19.2 Å². The number of rotatable bonds is 4. The molecule has 2 atom stereocenters. The number of hydrogen-bond acceptors (Lipinski definition) is 5. The first-order valence-electron chi connectivity index (χ1n) is 5.18. The van der Waals surface area contributed by atoms with Crippen molar-refractivity contribution in [3.05, 3.63) is 10.1 Å². The fourth-order valence-electron chi connectivity index (χ4n) is 2.39. The summed E-state index contributed by atoms with van der Waals surface area (Å²) >= 11 is 0. The second-order valence-corrected chi connectivity index (χ2v) is 4.16. The van der Waals surface area contributed by atoms with Gasteiger partial charge in [0.15, 0.2) is 5.78 Å². The molecule has 90 valence electrons. The van der Waals surface area contributed by atoms with E-state index in [1.54, 1.807) is 6.92 Å². The van der Waals surface area contributed by atoms with Gasteiger partial charge in [-0.15, -0.1) is 0 Å². The van der Waals surface area contributed by atoms with E-state index >= 15 is 0 Å². The molecule has 2 unspecified atom stereocenters. The highest BCUT2D eigenvalue weighted by Crippen LogP contribution is 2.42. The maximum absolute atomic E-state index is 11.8. The summed E-state index contributed by atoms with van der Waals surface area (Å²) in [6, 6.07) is 0. The minimum Gasteiger partial charge on any atom is -0.468 e. The van der Waals surface area contributed by atoms with Crippen molar-refractivity contribution in [1.82, 2.24) is 0 Å². The molecular weight excluding hydrogens is 214 g/mol. The van der Waals surface area contributed by atoms with Crippen molar-refractivity contribution in [2.75, 3.05) is 13.7 Å². The van der Waals surface area contributed by atoms with Gasteiger partial charge in [0.25, 0.3) is 0 Å². The molecular formula is C10H15NO5. The number of ketones is 1. The van der Waals surface area contributed by atoms with Crippen molar-refractivity contribution in [3.8, 4) is 0 Å². The molecule has 1 aliphatic carbocycles. The van der Waals surface area contributed by atoms with Crippen LogP contribution in [-0.4, -0.2) is 30.3 Å². The van der Waals surface area contributed by atoms with Gasteiger partial charge in [0.05, 0.1) is 7.11 Å². The topological polar surface area (TPSA) is 86.5 Å². The normalized spacial score (nSPS) is 26.5. The molecule has 0 radical (unpaired) electrons. The summed E-state index contributed by atoms with van der Waals surface area (Å²) < 4.78 is 4.63. The number of methoxy groups -OCH3 is 1. The number of nitro groups is 1. The Bertz CT molecular complexity index is 327. The Morgan fingerprint density at radius 2 is 2.31 bits per heavy atom. The quantitative estimate of drug-likeness (QED) is 0.308. The van der Waals surface area contributed by atoms with Crippen molar-refractivity contribution in [2.45, 2.75) is 26.2 Å². The van der Waals surface area contributed by atoms with E-state index in [1.165, 1.54) is 7.11 Å². The van der Waals surface area contributed by atoms with Crippen molar-refractivity contribution in [1.29, 1.82) is 0 Å². The van der Waals surface area contributed by atoms with Crippen LogP contribution in [0.15, 0.2) is 0 Å². The van der Waals surface area contributed by atoms with E-state index in [1.807, 2.05) is 0 Å². The molecule has 1 fully saturated rings. The van der Waals surface area contributed by atoms with Gasteiger partial charge in [-0.05, 0) is 12.8 Å². The molecule has 0 heterocycles. The molecule has 0 spiro atoms. The molecule has 0 amide bonds. The minimum atomic E-state index is -1.29. The highest BCUT2D eigenvalue weighted by atomic mass is 16.6. The molecule has 1 aliphatic rings. The van der Waals surface area contributed by atoms with Crippen LogP contribution in [0.4, 0.5) is 0 Å². The number of carbonyl (C=O) groups is 2. The Morgan fingerprint density at radius 1 is 1.69 bits per heavy atom. The summed E-state index contributed by atoms with van der Waals surface area (Å²) in [5, 5.41) is 10.5. The van der Waals surface area contributed by atoms with Gasteiger partial charge >= 0.3 is 5.97 Å². The maximum atomic E-state index is 11.8. The molecule has 6 nitrogen and oxygen atoms in total. The fourth-order valence-corrected chi connectivity index (χ4v) is 2.39. The lowest BCUT2D eigenvalue weighted by Gasteiger charge is -2.28. The Balaban J connectivity index is 3.00. The highest BCUT2D eigenvalue weighted by molar-refractivity contribution is 6.05. The number of nitrogens with zero attached hydrogens (tertiary/aromatic N) is 1. The van der Waals surface area contributed by atoms with Crippen LogP contribution in [0.3, 0.4) is 0 Å². The Labute approximate surface area is 93.1 Å². The highest BCUT2D eigenvalue weighted by Gasteiger charge is 2.54. The number of esters is 1. The third kappa shape index (κ3) is 1.91. The molecule has 1 saturated carbocycles. The zero-order valence-corrected chi connectivity index (χ0v) is 9.39. The van der Waals surface area contributed by atoms with E-state index in [9.17, 15) is 19.7 Å². The summed E-state index contributed by atoms with van der Waals surface area (Å²) in [7, 11) is 1.20. The van der Waals surface area contributed by atoms with Crippen molar-refractivity contribution in [3.63, 3.8) is 0 Å². The summed E-state index contributed by atoms with van der Waals surface area (Å²) in [4.78, 5) is 33.5. The molecule has 0 aromatic heterocycles. The van der Waals surface area contributed by atoms with E-state index in [-0.39, 0.29) is 12.3 Å². The molecule has 0 aromatic carbocycles. The summed E-state index contributed by atoms with van der Waals surface area (Å²) in [6.45, 7) is 1.17. The second-order valence-electron chi connectivity index (χ2n) is 4.16. The van der Waals surface area contributed by atoms with Crippen LogP contribution in [0, 0.1) is 21.4 Å². The maximum Gasteiger partial charge on any atom is 0.319 e. The third-order valence-electron chi connectivity index (χ3n) is 3.29. The molecule has 0 N–H and O–H groups in total. The smallest absolute Gasteiger partial charge is 0.319 e. The van der Waals surface area contributed by atoms with Gasteiger partial charge in [-0.2, -0.15) is 0 Å². The van der Waals surface area contributed by atoms with E-state index in [2.05, 4.69) is 4.74 Å². The van der Waals surface area contributed by atoms with Crippen molar-refractivity contribution >= 4 is 11.8 Å². The van der Waals surface area contributed by atoms with E-state index in [0.29, 0.717) is 19.3 Å². The minimum absolute atomic E-state index is 0.228. The molecule has 1 rings (SSSR count). The van der Waals surface area contributed by atoms with Crippen LogP contribution in [0.2, 0.25) is 0 Å². The van der Waals surface area contributed by atoms with Gasteiger partial charge in [0.2, 0.25) is 6.54 Å². The van der Waals surface area contributed by atoms with Crippen LogP contribution in [-0.2, 0) is 14.3 Å². The first-order valence-corrected chi connectivity index (χ1v) is 5.18. The van der Waals surface area contributed by atoms with E-state index in [0.717, 1.165) is 0 Å². The molecule has 16 heavy (non-hydrogen) atoms. The van der Waals surface area contributed by atoms with Gasteiger partial charge in [0.1, 0.15) is 5.41 Å². The third-order valence-corrected chi connectivity index (χ3v) is 3.29. The van der Waals surface area contributed by atoms with Crippen LogP contribution in [0.5, 0.6) is 0 Å². The monoisotopic (exact) mass is 229 g/mol. The predicted octanol–water partition coefficient (Wildman–Crippen LogP) is 0.812. The lowest BCUT2D eigenvalue weighted by molar-refractivity contribution is -0.489. The van der Waals surface area contributed by atoms with Crippen LogP contribution in [0.1, 0.15) is 26.2 Å². The first-order chi connectivity index (χ1) is 7.45. The first kappa shape index (κ1) is 12.6. The van der Waals surface area contributed by atoms with Crippen LogP contribution >= 0.6 is 0 Å². The SMILES string of the molecule is COC(=O)C1(C(C)C[N+](=O)[O-])CCCC1=O. The molecule has 0 aliphatic heterocycles. The molecule has 6 heteroatoms. The Kier molecular flexibility index (Phi) is 3.62. The second kappa shape index (κ2) is 4.59. The largest absolute Gasteiger partial charge is 0.468 e. The van der Waals surface area contributed by atoms with Crippen LogP contribution < -0.4 is 0 Å². The van der Waals surface area contributed by atoms with Crippen LogP contribution in [0.25, 0.3) is 0 Å². The molecule has 0 bridgehead atoms. The fraction of sp³-hybridized carbons (Fsp3) is 0.800. The average Bonchev–Trinajstić information content (AvgIpc) is 2.59. The van der Waals surface area contributed by atoms with Crippen molar-refractivity contribution in [2.24, 2.45) is 11.3 Å².